The van der Waals surface area contributed by atoms with Crippen LogP contribution >= 0.6 is 0 Å². The molecule has 3 aromatic rings. The fourth-order valence-corrected chi connectivity index (χ4v) is 4.63. The zero-order chi connectivity index (χ0) is 25.7. The molecule has 1 aromatic heterocycles. The van der Waals surface area contributed by atoms with Crippen molar-refractivity contribution in [3.63, 3.8) is 0 Å². The summed E-state index contributed by atoms with van der Waals surface area (Å²) in [6, 6.07) is 15.5. The van der Waals surface area contributed by atoms with E-state index in [2.05, 4.69) is 5.10 Å². The monoisotopic (exact) mass is 500 g/mol. The van der Waals surface area contributed by atoms with Gasteiger partial charge in [0.1, 0.15) is 6.61 Å². The second-order valence-corrected chi connectivity index (χ2v) is 9.16. The van der Waals surface area contributed by atoms with Crippen molar-refractivity contribution in [2.75, 3.05) is 13.2 Å². The molecule has 0 amide bonds. The van der Waals surface area contributed by atoms with Crippen LogP contribution in [0.5, 0.6) is 0 Å². The number of nitrogens with zero attached hydrogens (tertiary/aromatic N) is 2. The molecule has 2 aromatic carbocycles. The molecule has 1 aliphatic carbocycles. The normalized spacial score (nSPS) is 18.2. The van der Waals surface area contributed by atoms with Crippen molar-refractivity contribution >= 4 is 5.97 Å². The number of rotatable bonds is 8. The molecule has 9 heteroatoms. The minimum absolute atomic E-state index is 0.217. The molecule has 0 saturated heterocycles. The molecular formula is C27H27F3N2O4. The Kier molecular flexibility index (Phi) is 7.88. The Balaban J connectivity index is 1.57. The van der Waals surface area contributed by atoms with Gasteiger partial charge in [-0.15, -0.1) is 0 Å². The molecule has 0 unspecified atom stereocenters. The second-order valence-electron chi connectivity index (χ2n) is 9.16. The SMILES string of the molecule is O=C(O)COCC1CCC(Cn2nc(-c3ccc(C(F)(F)F)cc3)c(-c3ccccc3)cc2=O)CC1. The van der Waals surface area contributed by atoms with E-state index in [0.717, 1.165) is 43.4 Å². The van der Waals surface area contributed by atoms with E-state index in [9.17, 15) is 22.8 Å². The van der Waals surface area contributed by atoms with Crippen molar-refractivity contribution in [2.24, 2.45) is 11.8 Å². The summed E-state index contributed by atoms with van der Waals surface area (Å²) in [5, 5.41) is 13.3. The van der Waals surface area contributed by atoms with Gasteiger partial charge < -0.3 is 9.84 Å². The first kappa shape index (κ1) is 25.6. The highest BCUT2D eigenvalue weighted by atomic mass is 19.4. The fourth-order valence-electron chi connectivity index (χ4n) is 4.63. The number of aromatic nitrogens is 2. The number of carboxylic acid groups (broad SMARTS) is 1. The minimum Gasteiger partial charge on any atom is -0.480 e. The number of halogens is 3. The van der Waals surface area contributed by atoms with Crippen LogP contribution in [0.25, 0.3) is 22.4 Å². The number of ether oxygens (including phenoxy) is 1. The summed E-state index contributed by atoms with van der Waals surface area (Å²) in [5.41, 5.74) is 1.25. The predicted octanol–water partition coefficient (Wildman–Crippen LogP) is 5.50. The summed E-state index contributed by atoms with van der Waals surface area (Å²) in [4.78, 5) is 23.6. The van der Waals surface area contributed by atoms with E-state index in [1.54, 1.807) is 0 Å². The van der Waals surface area contributed by atoms with Crippen LogP contribution in [0.1, 0.15) is 31.2 Å². The Morgan fingerprint density at radius 1 is 0.972 bits per heavy atom. The van der Waals surface area contributed by atoms with E-state index in [-0.39, 0.29) is 24.0 Å². The van der Waals surface area contributed by atoms with Gasteiger partial charge in [-0.3, -0.25) is 4.79 Å². The molecule has 190 valence electrons. The molecule has 6 nitrogen and oxygen atoms in total. The van der Waals surface area contributed by atoms with Gasteiger partial charge in [-0.2, -0.15) is 18.3 Å². The van der Waals surface area contributed by atoms with Crippen molar-refractivity contribution in [3.8, 4) is 22.4 Å². The maximum atomic E-state index is 13.1. The average Bonchev–Trinajstić information content (AvgIpc) is 2.86. The summed E-state index contributed by atoms with van der Waals surface area (Å²) in [7, 11) is 0. The standard InChI is InChI=1S/C27H27F3N2O4/c28-27(29,30)22-12-10-21(11-13-22)26-23(20-4-2-1-3-5-20)14-24(33)32(31-26)15-18-6-8-19(9-7-18)16-36-17-25(34)35/h1-5,10-14,18-19H,6-9,15-17H2,(H,34,35). The van der Waals surface area contributed by atoms with Gasteiger partial charge >= 0.3 is 12.1 Å². The first-order valence-corrected chi connectivity index (χ1v) is 11.9. The third-order valence-corrected chi connectivity index (χ3v) is 6.55. The molecule has 36 heavy (non-hydrogen) atoms. The van der Waals surface area contributed by atoms with Crippen LogP contribution in [-0.4, -0.2) is 34.1 Å². The third-order valence-electron chi connectivity index (χ3n) is 6.55. The lowest BCUT2D eigenvalue weighted by Crippen LogP contribution is -2.29. The van der Waals surface area contributed by atoms with Crippen LogP contribution in [-0.2, 0) is 22.3 Å². The lowest BCUT2D eigenvalue weighted by atomic mass is 9.82. The van der Waals surface area contributed by atoms with Gasteiger partial charge in [-0.05, 0) is 55.2 Å². The Bertz CT molecular complexity index is 1230. The van der Waals surface area contributed by atoms with Crippen molar-refractivity contribution < 1.29 is 27.8 Å². The van der Waals surface area contributed by atoms with Crippen molar-refractivity contribution in [1.82, 2.24) is 9.78 Å². The van der Waals surface area contributed by atoms with Gasteiger partial charge in [0.2, 0.25) is 0 Å². The van der Waals surface area contributed by atoms with Gasteiger partial charge in [0.15, 0.2) is 0 Å². The summed E-state index contributed by atoms with van der Waals surface area (Å²) in [6.07, 6.45) is -0.999. The lowest BCUT2D eigenvalue weighted by Gasteiger charge is -2.28. The third kappa shape index (κ3) is 6.40. The smallest absolute Gasteiger partial charge is 0.416 e. The predicted molar refractivity (Wildman–Crippen MR) is 128 cm³/mol. The van der Waals surface area contributed by atoms with E-state index in [1.807, 2.05) is 30.3 Å². The second kappa shape index (κ2) is 11.1. The zero-order valence-corrected chi connectivity index (χ0v) is 19.6. The summed E-state index contributed by atoms with van der Waals surface area (Å²) < 4.78 is 45.9. The molecule has 0 spiro atoms. The van der Waals surface area contributed by atoms with Crippen LogP contribution < -0.4 is 5.56 Å². The van der Waals surface area contributed by atoms with Crippen molar-refractivity contribution in [1.29, 1.82) is 0 Å². The number of aliphatic carboxylic acids is 1. The molecular weight excluding hydrogens is 473 g/mol. The Labute approximate surface area is 206 Å². The number of hydrogen-bond donors (Lipinski definition) is 1. The van der Waals surface area contributed by atoms with Crippen LogP contribution in [0.15, 0.2) is 65.5 Å². The first-order valence-electron chi connectivity index (χ1n) is 11.9. The lowest BCUT2D eigenvalue weighted by molar-refractivity contribution is -0.143. The van der Waals surface area contributed by atoms with E-state index >= 15 is 0 Å². The molecule has 1 aliphatic rings. The number of hydrogen-bond acceptors (Lipinski definition) is 4. The van der Waals surface area contributed by atoms with Crippen molar-refractivity contribution in [2.45, 2.75) is 38.4 Å². The molecule has 1 saturated carbocycles. The van der Waals surface area contributed by atoms with Crippen LogP contribution in [0.4, 0.5) is 13.2 Å². The quantitative estimate of drug-likeness (QED) is 0.442. The Hall–Kier alpha value is -3.46. The Morgan fingerprint density at radius 2 is 1.61 bits per heavy atom. The summed E-state index contributed by atoms with van der Waals surface area (Å²) in [5.74, 6) is -0.487. The maximum Gasteiger partial charge on any atom is 0.416 e. The topological polar surface area (TPSA) is 81.4 Å². The summed E-state index contributed by atoms with van der Waals surface area (Å²) >= 11 is 0. The number of carbonyl (C=O) groups is 1. The highest BCUT2D eigenvalue weighted by Crippen LogP contribution is 2.34. The van der Waals surface area contributed by atoms with E-state index in [1.165, 1.54) is 22.9 Å². The van der Waals surface area contributed by atoms with Crippen LogP contribution in [0.3, 0.4) is 0 Å². The van der Waals surface area contributed by atoms with E-state index < -0.39 is 17.7 Å². The molecule has 1 heterocycles. The highest BCUT2D eigenvalue weighted by Gasteiger charge is 2.30. The number of carboxylic acids is 1. The summed E-state index contributed by atoms with van der Waals surface area (Å²) in [6.45, 7) is 0.505. The van der Waals surface area contributed by atoms with Crippen LogP contribution in [0.2, 0.25) is 0 Å². The minimum atomic E-state index is -4.44. The molecule has 1 fully saturated rings. The van der Waals surface area contributed by atoms with E-state index in [4.69, 9.17) is 9.84 Å². The van der Waals surface area contributed by atoms with Crippen molar-refractivity contribution in [3.05, 3.63) is 76.6 Å². The van der Waals surface area contributed by atoms with E-state index in [0.29, 0.717) is 30.0 Å². The molecule has 0 atom stereocenters. The van der Waals surface area contributed by atoms with Crippen LogP contribution in [0, 0.1) is 11.8 Å². The molecule has 0 bridgehead atoms. The van der Waals surface area contributed by atoms with Gasteiger partial charge in [0, 0.05) is 23.7 Å². The van der Waals surface area contributed by atoms with Gasteiger partial charge in [-0.25, -0.2) is 9.48 Å². The van der Waals surface area contributed by atoms with Gasteiger partial charge in [0.05, 0.1) is 17.9 Å². The van der Waals surface area contributed by atoms with Gasteiger partial charge in [-0.1, -0.05) is 42.5 Å². The average molecular weight is 501 g/mol. The zero-order valence-electron chi connectivity index (χ0n) is 19.6. The Morgan fingerprint density at radius 3 is 2.22 bits per heavy atom. The molecule has 0 radical (unpaired) electrons. The number of alkyl halides is 3. The largest absolute Gasteiger partial charge is 0.480 e. The highest BCUT2D eigenvalue weighted by molar-refractivity contribution is 5.80. The molecule has 0 aliphatic heterocycles. The molecule has 4 rings (SSSR count). The molecule has 1 N–H and O–H groups in total. The first-order chi connectivity index (χ1) is 17.2. The number of benzene rings is 2. The fraction of sp³-hybridized carbons (Fsp3) is 0.370. The maximum absolute atomic E-state index is 13.1. The van der Waals surface area contributed by atoms with Gasteiger partial charge in [0.25, 0.3) is 5.56 Å².